The number of rotatable bonds is 4. The topological polar surface area (TPSA) is 55.9 Å². The Morgan fingerprint density at radius 2 is 2.14 bits per heavy atom. The first kappa shape index (κ1) is 13.7. The van der Waals surface area contributed by atoms with Crippen LogP contribution < -0.4 is 5.32 Å². The van der Waals surface area contributed by atoms with Gasteiger partial charge in [-0.3, -0.25) is 4.68 Å². The molecule has 0 unspecified atom stereocenters. The highest BCUT2D eigenvalue weighted by Gasteiger charge is 2.10. The zero-order chi connectivity index (χ0) is 15.0. The van der Waals surface area contributed by atoms with Crippen molar-refractivity contribution >= 4 is 16.8 Å². The minimum Gasteiger partial charge on any atom is -0.440 e. The quantitative estimate of drug-likeness (QED) is 0.795. The first-order valence-corrected chi connectivity index (χ1v) is 7.16. The van der Waals surface area contributed by atoms with Gasteiger partial charge in [0.1, 0.15) is 5.52 Å². The number of anilines is 1. The fraction of sp³-hybridized carbons (Fsp3) is 0.375. The minimum absolute atomic E-state index is 0.298. The third-order valence-electron chi connectivity index (χ3n) is 3.50. The van der Waals surface area contributed by atoms with E-state index in [2.05, 4.69) is 29.2 Å². The van der Waals surface area contributed by atoms with Crippen LogP contribution in [0, 0.1) is 6.92 Å². The number of nitrogens with one attached hydrogen (secondary N) is 1. The summed E-state index contributed by atoms with van der Waals surface area (Å²) in [7, 11) is 1.94. The highest BCUT2D eigenvalue weighted by Crippen LogP contribution is 2.24. The first-order chi connectivity index (χ1) is 10.0. The van der Waals surface area contributed by atoms with Crippen molar-refractivity contribution in [3.63, 3.8) is 0 Å². The second-order valence-corrected chi connectivity index (χ2v) is 5.66. The molecule has 2 aromatic heterocycles. The lowest BCUT2D eigenvalue weighted by Gasteiger charge is -2.04. The van der Waals surface area contributed by atoms with Crippen LogP contribution in [0.5, 0.6) is 0 Å². The molecule has 0 amide bonds. The molecule has 5 heteroatoms. The molecular weight excluding hydrogens is 264 g/mol. The lowest BCUT2D eigenvalue weighted by atomic mass is 10.2. The van der Waals surface area contributed by atoms with E-state index in [9.17, 15) is 0 Å². The molecule has 0 saturated carbocycles. The molecule has 0 aliphatic rings. The Balaban J connectivity index is 1.79. The summed E-state index contributed by atoms with van der Waals surface area (Å²) in [6.07, 6.45) is 2.04. The van der Waals surface area contributed by atoms with Gasteiger partial charge in [0.25, 0.3) is 0 Å². The average Bonchev–Trinajstić information content (AvgIpc) is 2.99. The van der Waals surface area contributed by atoms with Crippen LogP contribution in [0.25, 0.3) is 11.1 Å². The van der Waals surface area contributed by atoms with E-state index in [1.54, 1.807) is 0 Å². The largest absolute Gasteiger partial charge is 0.440 e. The van der Waals surface area contributed by atoms with E-state index >= 15 is 0 Å². The van der Waals surface area contributed by atoms with Gasteiger partial charge in [-0.15, -0.1) is 0 Å². The molecule has 0 aliphatic carbocycles. The van der Waals surface area contributed by atoms with Gasteiger partial charge in [-0.05, 0) is 25.1 Å². The van der Waals surface area contributed by atoms with Crippen molar-refractivity contribution < 1.29 is 4.42 Å². The molecule has 0 bridgehead atoms. The van der Waals surface area contributed by atoms with Crippen LogP contribution in [0.15, 0.2) is 28.8 Å². The summed E-state index contributed by atoms with van der Waals surface area (Å²) in [5.74, 6) is 1.08. The zero-order valence-electron chi connectivity index (χ0n) is 12.8. The third-order valence-corrected chi connectivity index (χ3v) is 3.50. The van der Waals surface area contributed by atoms with E-state index in [-0.39, 0.29) is 0 Å². The molecular formula is C16H20N4O. The second kappa shape index (κ2) is 5.24. The smallest absolute Gasteiger partial charge is 0.198 e. The van der Waals surface area contributed by atoms with E-state index in [1.807, 2.05) is 43.0 Å². The van der Waals surface area contributed by atoms with Gasteiger partial charge < -0.3 is 9.73 Å². The van der Waals surface area contributed by atoms with Crippen LogP contribution in [-0.2, 0) is 13.6 Å². The first-order valence-electron chi connectivity index (χ1n) is 7.16. The highest BCUT2D eigenvalue weighted by molar-refractivity contribution is 5.77. The van der Waals surface area contributed by atoms with Gasteiger partial charge in [0.2, 0.25) is 0 Å². The molecule has 0 fully saturated rings. The number of oxazole rings is 1. The SMILES string of the molecule is Cc1nn(C)cc1CNc1ccc2oc(C(C)C)nc2c1. The number of hydrogen-bond acceptors (Lipinski definition) is 4. The molecule has 1 aromatic carbocycles. The van der Waals surface area contributed by atoms with Crippen LogP contribution in [0.4, 0.5) is 5.69 Å². The van der Waals surface area contributed by atoms with E-state index in [0.717, 1.165) is 34.9 Å². The van der Waals surface area contributed by atoms with E-state index < -0.39 is 0 Å². The van der Waals surface area contributed by atoms with Crippen LogP contribution >= 0.6 is 0 Å². The fourth-order valence-electron chi connectivity index (χ4n) is 2.32. The predicted molar refractivity (Wildman–Crippen MR) is 83.4 cm³/mol. The Hall–Kier alpha value is -2.30. The van der Waals surface area contributed by atoms with Crippen LogP contribution in [-0.4, -0.2) is 14.8 Å². The molecule has 5 nitrogen and oxygen atoms in total. The molecule has 110 valence electrons. The van der Waals surface area contributed by atoms with Gasteiger partial charge in [0.15, 0.2) is 11.5 Å². The number of aromatic nitrogens is 3. The minimum atomic E-state index is 0.298. The summed E-state index contributed by atoms with van der Waals surface area (Å²) in [6, 6.07) is 6.01. The predicted octanol–water partition coefficient (Wildman–Crippen LogP) is 3.61. The van der Waals surface area contributed by atoms with Gasteiger partial charge >= 0.3 is 0 Å². The summed E-state index contributed by atoms with van der Waals surface area (Å²) in [4.78, 5) is 4.53. The standard InChI is InChI=1S/C16H20N4O/c1-10(2)16-18-14-7-13(5-6-15(14)21-16)17-8-12-9-20(4)19-11(12)3/h5-7,9-10,17H,8H2,1-4H3. The molecule has 0 aliphatic heterocycles. The van der Waals surface area contributed by atoms with Crippen molar-refractivity contribution in [3.8, 4) is 0 Å². The van der Waals surface area contributed by atoms with Crippen molar-refractivity contribution in [1.29, 1.82) is 0 Å². The zero-order valence-corrected chi connectivity index (χ0v) is 12.8. The summed E-state index contributed by atoms with van der Waals surface area (Å²) in [5.41, 5.74) is 5.01. The maximum Gasteiger partial charge on any atom is 0.198 e. The molecule has 3 rings (SSSR count). The summed E-state index contributed by atoms with van der Waals surface area (Å²) in [6.45, 7) is 6.93. The molecule has 3 aromatic rings. The highest BCUT2D eigenvalue weighted by atomic mass is 16.3. The summed E-state index contributed by atoms with van der Waals surface area (Å²) < 4.78 is 7.55. The van der Waals surface area contributed by atoms with Gasteiger partial charge in [-0.25, -0.2) is 4.98 Å². The Morgan fingerprint density at radius 1 is 1.33 bits per heavy atom. The molecule has 0 radical (unpaired) electrons. The van der Waals surface area contributed by atoms with Gasteiger partial charge in [-0.1, -0.05) is 13.8 Å². The molecule has 1 N–H and O–H groups in total. The summed E-state index contributed by atoms with van der Waals surface area (Å²) in [5, 5.41) is 7.76. The van der Waals surface area contributed by atoms with Crippen molar-refractivity contribution in [2.24, 2.45) is 7.05 Å². The fourth-order valence-corrected chi connectivity index (χ4v) is 2.32. The average molecular weight is 284 g/mol. The van der Waals surface area contributed by atoms with E-state index in [0.29, 0.717) is 5.92 Å². The van der Waals surface area contributed by atoms with Crippen LogP contribution in [0.3, 0.4) is 0 Å². The van der Waals surface area contributed by atoms with Crippen molar-refractivity contribution in [3.05, 3.63) is 41.5 Å². The Kier molecular flexibility index (Phi) is 3.41. The van der Waals surface area contributed by atoms with Crippen molar-refractivity contribution in [1.82, 2.24) is 14.8 Å². The number of benzene rings is 1. The number of aryl methyl sites for hydroxylation is 2. The third kappa shape index (κ3) is 2.77. The van der Waals surface area contributed by atoms with Gasteiger partial charge in [-0.2, -0.15) is 5.10 Å². The number of hydrogen-bond donors (Lipinski definition) is 1. The summed E-state index contributed by atoms with van der Waals surface area (Å²) >= 11 is 0. The van der Waals surface area contributed by atoms with Gasteiger partial charge in [0.05, 0.1) is 5.69 Å². The van der Waals surface area contributed by atoms with Gasteiger partial charge in [0, 0.05) is 37.0 Å². The van der Waals surface area contributed by atoms with E-state index in [4.69, 9.17) is 4.42 Å². The number of nitrogens with zero attached hydrogens (tertiary/aromatic N) is 3. The second-order valence-electron chi connectivity index (χ2n) is 5.66. The maximum atomic E-state index is 5.72. The van der Waals surface area contributed by atoms with Crippen molar-refractivity contribution in [2.75, 3.05) is 5.32 Å². The molecule has 0 spiro atoms. The Bertz CT molecular complexity index is 770. The Labute approximate surface area is 124 Å². The van der Waals surface area contributed by atoms with Crippen LogP contribution in [0.1, 0.15) is 36.9 Å². The number of fused-ring (bicyclic) bond motifs is 1. The molecule has 21 heavy (non-hydrogen) atoms. The molecule has 2 heterocycles. The van der Waals surface area contributed by atoms with Crippen LogP contribution in [0.2, 0.25) is 0 Å². The molecule has 0 atom stereocenters. The lowest BCUT2D eigenvalue weighted by molar-refractivity contribution is 0.501. The normalized spacial score (nSPS) is 11.5. The molecule has 0 saturated heterocycles. The lowest BCUT2D eigenvalue weighted by Crippen LogP contribution is -1.99. The maximum absolute atomic E-state index is 5.72. The Morgan fingerprint density at radius 3 is 2.81 bits per heavy atom. The van der Waals surface area contributed by atoms with Crippen molar-refractivity contribution in [2.45, 2.75) is 33.2 Å². The van der Waals surface area contributed by atoms with E-state index in [1.165, 1.54) is 5.56 Å². The monoisotopic (exact) mass is 284 g/mol.